The fraction of sp³-hybridized carbons (Fsp3) is 0. The lowest BCUT2D eigenvalue weighted by Gasteiger charge is -2.16. The average Bonchev–Trinajstić information content (AvgIpc) is 3.12. The standard InChI is InChI=1S/C44H30/c1-4-14-31(15-5-1)35-24-36(32-16-6-2-7-17-32)26-38(25-35)39-27-37(33-18-8-3-9-19-33)28-40(29-39)44-30-34-20-10-11-21-41(34)42-22-12-13-23-43(42)44/h1-30H. The van der Waals surface area contributed by atoms with E-state index >= 15 is 0 Å². The molecule has 0 aliphatic rings. The molecule has 0 aromatic heterocycles. The number of rotatable bonds is 5. The van der Waals surface area contributed by atoms with Crippen molar-refractivity contribution in [1.29, 1.82) is 0 Å². The van der Waals surface area contributed by atoms with Crippen molar-refractivity contribution in [3.8, 4) is 55.6 Å². The summed E-state index contributed by atoms with van der Waals surface area (Å²) in [5.41, 5.74) is 12.1. The van der Waals surface area contributed by atoms with Crippen LogP contribution in [-0.2, 0) is 0 Å². The molecule has 0 atom stereocenters. The van der Waals surface area contributed by atoms with Crippen LogP contribution in [0.15, 0.2) is 182 Å². The minimum atomic E-state index is 1.20. The van der Waals surface area contributed by atoms with Crippen LogP contribution in [0.5, 0.6) is 0 Å². The van der Waals surface area contributed by atoms with Crippen LogP contribution < -0.4 is 0 Å². The Morgan fingerprint density at radius 2 is 0.545 bits per heavy atom. The van der Waals surface area contributed by atoms with Gasteiger partial charge in [-0.2, -0.15) is 0 Å². The van der Waals surface area contributed by atoms with E-state index in [0.29, 0.717) is 0 Å². The molecule has 0 nitrogen and oxygen atoms in total. The van der Waals surface area contributed by atoms with E-state index in [1.807, 2.05) is 0 Å². The molecule has 8 aromatic carbocycles. The van der Waals surface area contributed by atoms with Gasteiger partial charge in [-0.05, 0) is 120 Å². The summed E-state index contributed by atoms with van der Waals surface area (Å²) in [7, 11) is 0. The summed E-state index contributed by atoms with van der Waals surface area (Å²) in [4.78, 5) is 0. The van der Waals surface area contributed by atoms with Gasteiger partial charge in [0.15, 0.2) is 0 Å². The van der Waals surface area contributed by atoms with Gasteiger partial charge in [-0.15, -0.1) is 0 Å². The summed E-state index contributed by atoms with van der Waals surface area (Å²) in [6.07, 6.45) is 0. The fourth-order valence-electron chi connectivity index (χ4n) is 6.43. The van der Waals surface area contributed by atoms with E-state index in [1.54, 1.807) is 0 Å². The summed E-state index contributed by atoms with van der Waals surface area (Å²) in [6, 6.07) is 66.1. The molecule has 0 saturated heterocycles. The lowest BCUT2D eigenvalue weighted by Crippen LogP contribution is -1.90. The van der Waals surface area contributed by atoms with Crippen LogP contribution in [0.2, 0.25) is 0 Å². The topological polar surface area (TPSA) is 0 Å². The second-order valence-corrected chi connectivity index (χ2v) is 11.4. The van der Waals surface area contributed by atoms with Gasteiger partial charge in [-0.25, -0.2) is 0 Å². The number of hydrogen-bond acceptors (Lipinski definition) is 0. The minimum absolute atomic E-state index is 1.20. The molecule has 44 heavy (non-hydrogen) atoms. The van der Waals surface area contributed by atoms with E-state index in [1.165, 1.54) is 77.2 Å². The predicted molar refractivity (Wildman–Crippen MR) is 189 cm³/mol. The van der Waals surface area contributed by atoms with Crippen LogP contribution >= 0.6 is 0 Å². The van der Waals surface area contributed by atoms with Gasteiger partial charge in [0.05, 0.1) is 0 Å². The molecular weight excluding hydrogens is 528 g/mol. The van der Waals surface area contributed by atoms with Gasteiger partial charge >= 0.3 is 0 Å². The van der Waals surface area contributed by atoms with Crippen molar-refractivity contribution in [2.45, 2.75) is 0 Å². The normalized spacial score (nSPS) is 11.2. The summed E-state index contributed by atoms with van der Waals surface area (Å²) in [5.74, 6) is 0. The molecule has 0 saturated carbocycles. The number of fused-ring (bicyclic) bond motifs is 3. The lowest BCUT2D eigenvalue weighted by atomic mass is 9.88. The summed E-state index contributed by atoms with van der Waals surface area (Å²) in [6.45, 7) is 0. The maximum Gasteiger partial charge on any atom is -0.00986 e. The Morgan fingerprint density at radius 1 is 0.205 bits per heavy atom. The molecule has 206 valence electrons. The molecule has 0 radical (unpaired) electrons. The van der Waals surface area contributed by atoms with Crippen LogP contribution in [0.1, 0.15) is 0 Å². The highest BCUT2D eigenvalue weighted by atomic mass is 14.2. The van der Waals surface area contributed by atoms with Crippen LogP contribution in [0, 0.1) is 0 Å². The van der Waals surface area contributed by atoms with E-state index < -0.39 is 0 Å². The zero-order chi connectivity index (χ0) is 29.3. The van der Waals surface area contributed by atoms with Crippen molar-refractivity contribution in [2.24, 2.45) is 0 Å². The first kappa shape index (κ1) is 25.9. The minimum Gasteiger partial charge on any atom is -0.0622 e. The Morgan fingerprint density at radius 3 is 1.02 bits per heavy atom. The third-order valence-corrected chi connectivity index (χ3v) is 8.60. The largest absolute Gasteiger partial charge is 0.0622 e. The first-order valence-electron chi connectivity index (χ1n) is 15.2. The Labute approximate surface area is 258 Å². The zero-order valence-corrected chi connectivity index (χ0v) is 24.3. The monoisotopic (exact) mass is 558 g/mol. The SMILES string of the molecule is c1ccc(-c2cc(-c3ccccc3)cc(-c3cc(-c4ccccc4)cc(-c4cc5ccccc5c5ccccc45)c3)c2)cc1. The van der Waals surface area contributed by atoms with Crippen LogP contribution in [0.25, 0.3) is 77.2 Å². The maximum atomic E-state index is 2.38. The highest BCUT2D eigenvalue weighted by Crippen LogP contribution is 2.40. The van der Waals surface area contributed by atoms with Crippen molar-refractivity contribution >= 4 is 21.5 Å². The Bertz CT molecular complexity index is 2190. The van der Waals surface area contributed by atoms with E-state index in [0.717, 1.165) is 0 Å². The Kier molecular flexibility index (Phi) is 6.59. The molecule has 0 bridgehead atoms. The van der Waals surface area contributed by atoms with E-state index in [2.05, 4.69) is 182 Å². The molecule has 0 N–H and O–H groups in total. The van der Waals surface area contributed by atoms with E-state index in [-0.39, 0.29) is 0 Å². The number of hydrogen-bond donors (Lipinski definition) is 0. The molecule has 0 unspecified atom stereocenters. The van der Waals surface area contributed by atoms with E-state index in [4.69, 9.17) is 0 Å². The quantitative estimate of drug-likeness (QED) is 0.184. The molecular formula is C44H30. The molecule has 0 amide bonds. The van der Waals surface area contributed by atoms with Crippen molar-refractivity contribution in [3.05, 3.63) is 182 Å². The second-order valence-electron chi connectivity index (χ2n) is 11.4. The van der Waals surface area contributed by atoms with Gasteiger partial charge in [0.25, 0.3) is 0 Å². The summed E-state index contributed by atoms with van der Waals surface area (Å²) >= 11 is 0. The van der Waals surface area contributed by atoms with Gasteiger partial charge < -0.3 is 0 Å². The van der Waals surface area contributed by atoms with Crippen LogP contribution in [-0.4, -0.2) is 0 Å². The van der Waals surface area contributed by atoms with Gasteiger partial charge in [0, 0.05) is 0 Å². The Hall–Kier alpha value is -5.72. The zero-order valence-electron chi connectivity index (χ0n) is 24.3. The number of benzene rings is 8. The molecule has 0 aliphatic heterocycles. The highest BCUT2D eigenvalue weighted by Gasteiger charge is 2.14. The van der Waals surface area contributed by atoms with Gasteiger partial charge in [0.2, 0.25) is 0 Å². The van der Waals surface area contributed by atoms with Crippen molar-refractivity contribution in [1.82, 2.24) is 0 Å². The average molecular weight is 559 g/mol. The maximum absolute atomic E-state index is 2.38. The summed E-state index contributed by atoms with van der Waals surface area (Å²) < 4.78 is 0. The molecule has 0 fully saturated rings. The molecule has 0 aliphatic carbocycles. The molecule has 8 aromatic rings. The van der Waals surface area contributed by atoms with Gasteiger partial charge in [0.1, 0.15) is 0 Å². The van der Waals surface area contributed by atoms with Crippen LogP contribution in [0.4, 0.5) is 0 Å². The highest BCUT2D eigenvalue weighted by molar-refractivity contribution is 6.14. The molecule has 0 heterocycles. The second kappa shape index (κ2) is 11.2. The van der Waals surface area contributed by atoms with Crippen molar-refractivity contribution in [2.75, 3.05) is 0 Å². The fourth-order valence-corrected chi connectivity index (χ4v) is 6.43. The van der Waals surface area contributed by atoms with Crippen molar-refractivity contribution < 1.29 is 0 Å². The first-order chi connectivity index (χ1) is 21.8. The van der Waals surface area contributed by atoms with E-state index in [9.17, 15) is 0 Å². The van der Waals surface area contributed by atoms with Crippen LogP contribution in [0.3, 0.4) is 0 Å². The molecule has 0 spiro atoms. The third-order valence-electron chi connectivity index (χ3n) is 8.60. The lowest BCUT2D eigenvalue weighted by molar-refractivity contribution is 1.55. The smallest absolute Gasteiger partial charge is 0.00986 e. The first-order valence-corrected chi connectivity index (χ1v) is 15.2. The van der Waals surface area contributed by atoms with Crippen molar-refractivity contribution in [3.63, 3.8) is 0 Å². The van der Waals surface area contributed by atoms with Gasteiger partial charge in [-0.1, -0.05) is 140 Å². The molecule has 0 heteroatoms. The third kappa shape index (κ3) is 4.87. The predicted octanol–water partition coefficient (Wildman–Crippen LogP) is 12.3. The van der Waals surface area contributed by atoms with Gasteiger partial charge in [-0.3, -0.25) is 0 Å². The Balaban J connectivity index is 1.41. The summed E-state index contributed by atoms with van der Waals surface area (Å²) in [5, 5.41) is 5.09. The molecule has 8 rings (SSSR count).